The van der Waals surface area contributed by atoms with Gasteiger partial charge in [0.05, 0.1) is 17.4 Å². The summed E-state index contributed by atoms with van der Waals surface area (Å²) in [5.41, 5.74) is 2.86. The predicted molar refractivity (Wildman–Crippen MR) is 76.0 cm³/mol. The maximum atomic E-state index is 9.54. The van der Waals surface area contributed by atoms with Crippen molar-refractivity contribution in [3.63, 3.8) is 0 Å². The molecule has 102 valence electrons. The Morgan fingerprint density at radius 1 is 1.42 bits per heavy atom. The van der Waals surface area contributed by atoms with E-state index in [2.05, 4.69) is 29.3 Å². The lowest BCUT2D eigenvalue weighted by atomic mass is 10.0. The normalized spacial score (nSPS) is 16.4. The number of nitrogens with one attached hydrogen (secondary N) is 1. The van der Waals surface area contributed by atoms with Crippen molar-refractivity contribution in [2.24, 2.45) is 0 Å². The van der Waals surface area contributed by atoms with Crippen LogP contribution in [0.4, 0.5) is 5.69 Å². The largest absolute Gasteiger partial charge is 0.393 e. The molecular weight excluding hydrogens is 238 g/mol. The number of nitriles is 1. The second-order valence-corrected chi connectivity index (χ2v) is 4.96. The van der Waals surface area contributed by atoms with Gasteiger partial charge in [0.25, 0.3) is 0 Å². The highest BCUT2D eigenvalue weighted by Gasteiger charge is 2.19. The molecule has 4 nitrogen and oxygen atoms in total. The van der Waals surface area contributed by atoms with Gasteiger partial charge in [-0.15, -0.1) is 0 Å². The Labute approximate surface area is 114 Å². The van der Waals surface area contributed by atoms with Crippen molar-refractivity contribution < 1.29 is 5.11 Å². The lowest BCUT2D eigenvalue weighted by Gasteiger charge is -2.32. The van der Waals surface area contributed by atoms with E-state index < -0.39 is 0 Å². The van der Waals surface area contributed by atoms with E-state index in [0.717, 1.165) is 55.8 Å². The van der Waals surface area contributed by atoms with Crippen LogP contribution in [-0.2, 0) is 6.54 Å². The van der Waals surface area contributed by atoms with E-state index in [1.54, 1.807) is 0 Å². The first-order chi connectivity index (χ1) is 9.24. The van der Waals surface area contributed by atoms with Crippen LogP contribution in [0.25, 0.3) is 0 Å². The molecule has 2 rings (SSSR count). The monoisotopic (exact) mass is 259 g/mol. The first-order valence-electron chi connectivity index (χ1n) is 6.91. The van der Waals surface area contributed by atoms with E-state index in [9.17, 15) is 10.4 Å². The molecule has 0 radical (unpaired) electrons. The van der Waals surface area contributed by atoms with Gasteiger partial charge in [-0.05, 0) is 37.1 Å². The lowest BCUT2D eigenvalue weighted by molar-refractivity contribution is 0.145. The fourth-order valence-corrected chi connectivity index (χ4v) is 2.43. The second kappa shape index (κ2) is 6.55. The third-order valence-corrected chi connectivity index (χ3v) is 3.57. The molecule has 1 aliphatic heterocycles. The van der Waals surface area contributed by atoms with Gasteiger partial charge >= 0.3 is 0 Å². The average molecular weight is 259 g/mol. The van der Waals surface area contributed by atoms with E-state index in [1.807, 2.05) is 12.1 Å². The van der Waals surface area contributed by atoms with Crippen LogP contribution in [0, 0.1) is 11.3 Å². The molecule has 0 bridgehead atoms. The zero-order valence-electron chi connectivity index (χ0n) is 11.4. The minimum absolute atomic E-state index is 0.185. The fourth-order valence-electron chi connectivity index (χ4n) is 2.43. The van der Waals surface area contributed by atoms with Crippen molar-refractivity contribution in [2.75, 3.05) is 24.5 Å². The molecular formula is C15H21N3O. The van der Waals surface area contributed by atoms with Gasteiger partial charge in [0.2, 0.25) is 0 Å². The fraction of sp³-hybridized carbons (Fsp3) is 0.533. The first-order valence-corrected chi connectivity index (χ1v) is 6.91. The average Bonchev–Trinajstić information content (AvgIpc) is 2.46. The van der Waals surface area contributed by atoms with Crippen LogP contribution in [0.2, 0.25) is 0 Å². The van der Waals surface area contributed by atoms with Crippen LogP contribution < -0.4 is 10.2 Å². The number of hydrogen-bond donors (Lipinski definition) is 2. The van der Waals surface area contributed by atoms with Crippen molar-refractivity contribution in [3.05, 3.63) is 29.3 Å². The maximum Gasteiger partial charge on any atom is 0.101 e. The molecule has 0 aliphatic carbocycles. The van der Waals surface area contributed by atoms with Crippen LogP contribution in [0.5, 0.6) is 0 Å². The van der Waals surface area contributed by atoms with E-state index in [4.69, 9.17) is 0 Å². The number of piperidine rings is 1. The smallest absolute Gasteiger partial charge is 0.101 e. The van der Waals surface area contributed by atoms with Crippen LogP contribution >= 0.6 is 0 Å². The van der Waals surface area contributed by atoms with E-state index >= 15 is 0 Å². The highest BCUT2D eigenvalue weighted by atomic mass is 16.3. The standard InChI is InChI=1S/C15H21N3O/c1-2-17-11-12-3-4-15(13(9-12)10-16)18-7-5-14(19)6-8-18/h3-4,9,14,17,19H,2,5-8,11H2,1H3. The minimum Gasteiger partial charge on any atom is -0.393 e. The minimum atomic E-state index is -0.185. The summed E-state index contributed by atoms with van der Waals surface area (Å²) in [6.45, 7) is 5.43. The summed E-state index contributed by atoms with van der Waals surface area (Å²) in [7, 11) is 0. The second-order valence-electron chi connectivity index (χ2n) is 4.96. The van der Waals surface area contributed by atoms with Crippen LogP contribution in [0.3, 0.4) is 0 Å². The molecule has 0 saturated carbocycles. The number of nitrogens with zero attached hydrogens (tertiary/aromatic N) is 2. The van der Waals surface area contributed by atoms with Gasteiger partial charge in [0.15, 0.2) is 0 Å². The van der Waals surface area contributed by atoms with Gasteiger partial charge in [0, 0.05) is 19.6 Å². The molecule has 0 spiro atoms. The molecule has 1 aliphatic rings. The Bertz CT molecular complexity index is 459. The van der Waals surface area contributed by atoms with E-state index in [1.165, 1.54) is 0 Å². The summed E-state index contributed by atoms with van der Waals surface area (Å²) in [5.74, 6) is 0. The maximum absolute atomic E-state index is 9.54. The van der Waals surface area contributed by atoms with Crippen LogP contribution in [0.1, 0.15) is 30.9 Å². The third-order valence-electron chi connectivity index (χ3n) is 3.57. The number of rotatable bonds is 4. The Morgan fingerprint density at radius 2 is 2.16 bits per heavy atom. The SMILES string of the molecule is CCNCc1ccc(N2CCC(O)CC2)c(C#N)c1. The molecule has 1 heterocycles. The topological polar surface area (TPSA) is 59.3 Å². The van der Waals surface area contributed by atoms with Crippen LogP contribution in [-0.4, -0.2) is 30.8 Å². The van der Waals surface area contributed by atoms with Crippen molar-refractivity contribution in [2.45, 2.75) is 32.4 Å². The molecule has 1 fully saturated rings. The van der Waals surface area contributed by atoms with Gasteiger partial charge in [0.1, 0.15) is 6.07 Å². The Balaban J connectivity index is 2.14. The van der Waals surface area contributed by atoms with Gasteiger partial charge in [-0.25, -0.2) is 0 Å². The Morgan fingerprint density at radius 3 is 2.79 bits per heavy atom. The van der Waals surface area contributed by atoms with Gasteiger partial charge < -0.3 is 15.3 Å². The van der Waals surface area contributed by atoms with Gasteiger partial charge in [-0.1, -0.05) is 13.0 Å². The molecule has 4 heteroatoms. The van der Waals surface area contributed by atoms with Crippen LogP contribution in [0.15, 0.2) is 18.2 Å². The number of hydrogen-bond acceptors (Lipinski definition) is 4. The van der Waals surface area contributed by atoms with Gasteiger partial charge in [-0.2, -0.15) is 5.26 Å². The summed E-state index contributed by atoms with van der Waals surface area (Å²) in [5, 5.41) is 22.1. The molecule has 1 aromatic carbocycles. The quantitative estimate of drug-likeness (QED) is 0.863. The third kappa shape index (κ3) is 3.46. The summed E-state index contributed by atoms with van der Waals surface area (Å²) in [6.07, 6.45) is 1.38. The molecule has 0 amide bonds. The van der Waals surface area contributed by atoms with Crippen molar-refractivity contribution >= 4 is 5.69 Å². The molecule has 1 aromatic rings. The Kier molecular flexibility index (Phi) is 4.78. The number of benzene rings is 1. The summed E-state index contributed by atoms with van der Waals surface area (Å²) in [4.78, 5) is 2.20. The zero-order valence-corrected chi connectivity index (χ0v) is 11.4. The van der Waals surface area contributed by atoms with Crippen molar-refractivity contribution in [1.29, 1.82) is 5.26 Å². The number of aliphatic hydroxyl groups excluding tert-OH is 1. The van der Waals surface area contributed by atoms with E-state index in [-0.39, 0.29) is 6.10 Å². The molecule has 0 unspecified atom stereocenters. The molecule has 0 aromatic heterocycles. The van der Waals surface area contributed by atoms with Crippen molar-refractivity contribution in [1.82, 2.24) is 5.32 Å². The lowest BCUT2D eigenvalue weighted by Crippen LogP contribution is -2.36. The zero-order chi connectivity index (χ0) is 13.7. The molecule has 1 saturated heterocycles. The molecule has 2 N–H and O–H groups in total. The van der Waals surface area contributed by atoms with E-state index in [0.29, 0.717) is 0 Å². The number of aliphatic hydroxyl groups is 1. The molecule has 19 heavy (non-hydrogen) atoms. The highest BCUT2D eigenvalue weighted by Crippen LogP contribution is 2.25. The summed E-state index contributed by atoms with van der Waals surface area (Å²) in [6, 6.07) is 8.35. The van der Waals surface area contributed by atoms with Crippen molar-refractivity contribution in [3.8, 4) is 6.07 Å². The summed E-state index contributed by atoms with van der Waals surface area (Å²) < 4.78 is 0. The van der Waals surface area contributed by atoms with Gasteiger partial charge in [-0.3, -0.25) is 0 Å². The first kappa shape index (κ1) is 13.9. The Hall–Kier alpha value is -1.57. The molecule has 0 atom stereocenters. The highest BCUT2D eigenvalue weighted by molar-refractivity contribution is 5.60. The predicted octanol–water partition coefficient (Wildman–Crippen LogP) is 1.63. The number of anilines is 1. The summed E-state index contributed by atoms with van der Waals surface area (Å²) >= 11 is 0.